The number of benzene rings is 4. The highest BCUT2D eigenvalue weighted by Crippen LogP contribution is 2.19. The second-order valence-electron chi connectivity index (χ2n) is 12.9. The van der Waals surface area contributed by atoms with E-state index < -0.39 is 54.1 Å². The summed E-state index contributed by atoms with van der Waals surface area (Å²) < 4.78 is 0. The van der Waals surface area contributed by atoms with Crippen molar-refractivity contribution in [3.8, 4) is 16.9 Å². The Kier molecular flexibility index (Phi) is 15.8. The molecule has 0 saturated carbocycles. The first-order chi connectivity index (χ1) is 26.5. The predicted molar refractivity (Wildman–Crippen MR) is 209 cm³/mol. The summed E-state index contributed by atoms with van der Waals surface area (Å²) in [7, 11) is 0. The molecule has 14 heteroatoms. The van der Waals surface area contributed by atoms with E-state index in [4.69, 9.17) is 11.5 Å². The van der Waals surface area contributed by atoms with Gasteiger partial charge in [-0.05, 0) is 59.2 Å². The highest BCUT2D eigenvalue weighted by atomic mass is 16.4. The lowest BCUT2D eigenvalue weighted by atomic mass is 10.0. The van der Waals surface area contributed by atoms with Crippen molar-refractivity contribution in [3.63, 3.8) is 0 Å². The Morgan fingerprint density at radius 1 is 0.636 bits per heavy atom. The Hall–Kier alpha value is -6.70. The first-order valence-electron chi connectivity index (χ1n) is 17.9. The third kappa shape index (κ3) is 14.3. The zero-order valence-electron chi connectivity index (χ0n) is 30.3. The molecule has 4 rings (SSSR count). The molecule has 4 amide bonds. The number of hydrogen-bond donors (Lipinski definition) is 8. The van der Waals surface area contributed by atoms with Crippen LogP contribution in [0.3, 0.4) is 0 Å². The fourth-order valence-electron chi connectivity index (χ4n) is 5.75. The number of nitrogens with one attached hydrogen (secondary N) is 4. The van der Waals surface area contributed by atoms with Gasteiger partial charge in [0, 0.05) is 19.5 Å². The van der Waals surface area contributed by atoms with Crippen LogP contribution in [0.1, 0.15) is 36.0 Å². The molecule has 10 N–H and O–H groups in total. The minimum absolute atomic E-state index is 0.0113. The molecule has 4 aromatic rings. The summed E-state index contributed by atoms with van der Waals surface area (Å²) in [5, 5.41) is 30.1. The summed E-state index contributed by atoms with van der Waals surface area (Å²) >= 11 is 0. The maximum absolute atomic E-state index is 13.9. The lowest BCUT2D eigenvalue weighted by Gasteiger charge is -2.25. The van der Waals surface area contributed by atoms with Crippen LogP contribution in [-0.4, -0.2) is 77.0 Å². The average molecular weight is 750 g/mol. The van der Waals surface area contributed by atoms with Gasteiger partial charge in [0.15, 0.2) is 5.96 Å². The Morgan fingerprint density at radius 2 is 1.22 bits per heavy atom. The quantitative estimate of drug-likeness (QED) is 0.0375. The van der Waals surface area contributed by atoms with Gasteiger partial charge in [-0.3, -0.25) is 29.0 Å². The molecule has 55 heavy (non-hydrogen) atoms. The summed E-state index contributed by atoms with van der Waals surface area (Å²) in [6, 6.07) is 28.8. The van der Waals surface area contributed by atoms with E-state index in [1.54, 1.807) is 24.3 Å². The largest absolute Gasteiger partial charge is 0.508 e. The van der Waals surface area contributed by atoms with Crippen LogP contribution in [0.15, 0.2) is 114 Å². The second kappa shape index (κ2) is 21.1. The van der Waals surface area contributed by atoms with Crippen molar-refractivity contribution in [2.24, 2.45) is 16.5 Å². The third-order valence-corrected chi connectivity index (χ3v) is 8.60. The Balaban J connectivity index is 1.47. The summed E-state index contributed by atoms with van der Waals surface area (Å²) in [4.78, 5) is 69.8. The van der Waals surface area contributed by atoms with E-state index in [1.807, 2.05) is 72.8 Å². The van der Waals surface area contributed by atoms with Gasteiger partial charge in [-0.25, -0.2) is 0 Å². The van der Waals surface area contributed by atoms with E-state index in [0.29, 0.717) is 17.5 Å². The van der Waals surface area contributed by atoms with Gasteiger partial charge in [-0.2, -0.15) is 0 Å². The fraction of sp³-hybridized carbons (Fsp3) is 0.268. The van der Waals surface area contributed by atoms with Crippen LogP contribution in [0.2, 0.25) is 0 Å². The zero-order valence-corrected chi connectivity index (χ0v) is 30.3. The third-order valence-electron chi connectivity index (χ3n) is 8.60. The SMILES string of the molecule is NC(N)=NCCC[C@@H](NC(=O)C(CC(=O)O)NC(=O)Cc1ccc(-c2ccccc2)cc1)C(=O)NC(Cc1ccc(O)cc1)C(=O)NCCc1ccccc1. The van der Waals surface area contributed by atoms with Crippen molar-refractivity contribution >= 4 is 35.6 Å². The van der Waals surface area contributed by atoms with E-state index in [1.165, 1.54) is 12.1 Å². The van der Waals surface area contributed by atoms with Crippen LogP contribution in [0.4, 0.5) is 0 Å². The monoisotopic (exact) mass is 749 g/mol. The summed E-state index contributed by atoms with van der Waals surface area (Å²) in [6.45, 7) is 0.411. The first-order valence-corrected chi connectivity index (χ1v) is 17.9. The average Bonchev–Trinajstić information content (AvgIpc) is 3.17. The lowest BCUT2D eigenvalue weighted by molar-refractivity contribution is -0.141. The van der Waals surface area contributed by atoms with Crippen LogP contribution in [-0.2, 0) is 43.2 Å². The minimum atomic E-state index is -1.52. The molecule has 0 aliphatic carbocycles. The number of aliphatic carboxylic acids is 1. The summed E-state index contributed by atoms with van der Waals surface area (Å²) in [5.41, 5.74) is 15.2. The number of phenolic OH excluding ortho intramolecular Hbond substituents is 1. The number of nitrogens with two attached hydrogens (primary N) is 2. The van der Waals surface area contributed by atoms with Gasteiger partial charge in [0.1, 0.15) is 23.9 Å². The Labute approximate surface area is 319 Å². The summed E-state index contributed by atoms with van der Waals surface area (Å²) in [6.07, 6.45) is -0.0264. The fourth-order valence-corrected chi connectivity index (χ4v) is 5.75. The van der Waals surface area contributed by atoms with Crippen molar-refractivity contribution in [1.29, 1.82) is 0 Å². The number of carbonyl (C=O) groups is 5. The molecule has 0 radical (unpaired) electrons. The number of amides is 4. The number of hydrogen-bond acceptors (Lipinski definition) is 7. The lowest BCUT2D eigenvalue weighted by Crippen LogP contribution is -2.57. The molecule has 2 unspecified atom stereocenters. The number of rotatable bonds is 20. The van der Waals surface area contributed by atoms with E-state index in [0.717, 1.165) is 16.7 Å². The Morgan fingerprint density at radius 3 is 1.85 bits per heavy atom. The molecule has 0 fully saturated rings. The number of carboxylic acid groups (broad SMARTS) is 1. The van der Waals surface area contributed by atoms with E-state index in [2.05, 4.69) is 26.3 Å². The van der Waals surface area contributed by atoms with Crippen LogP contribution in [0.25, 0.3) is 11.1 Å². The van der Waals surface area contributed by atoms with E-state index in [-0.39, 0.29) is 50.5 Å². The van der Waals surface area contributed by atoms with Crippen LogP contribution in [0.5, 0.6) is 5.75 Å². The van der Waals surface area contributed by atoms with Gasteiger partial charge in [0.25, 0.3) is 0 Å². The first kappa shape index (κ1) is 41.1. The predicted octanol–water partition coefficient (Wildman–Crippen LogP) is 2.19. The van der Waals surface area contributed by atoms with Gasteiger partial charge in [0.05, 0.1) is 12.8 Å². The molecule has 0 saturated heterocycles. The number of aromatic hydroxyl groups is 1. The topological polar surface area (TPSA) is 238 Å². The molecule has 3 atom stereocenters. The molecule has 0 heterocycles. The van der Waals surface area contributed by atoms with Gasteiger partial charge in [-0.15, -0.1) is 0 Å². The van der Waals surface area contributed by atoms with Crippen molar-refractivity contribution in [2.45, 2.75) is 56.7 Å². The molecule has 288 valence electrons. The highest BCUT2D eigenvalue weighted by Gasteiger charge is 2.31. The van der Waals surface area contributed by atoms with Gasteiger partial charge in [0.2, 0.25) is 23.6 Å². The van der Waals surface area contributed by atoms with Crippen molar-refractivity contribution in [1.82, 2.24) is 21.3 Å². The van der Waals surface area contributed by atoms with Crippen LogP contribution >= 0.6 is 0 Å². The van der Waals surface area contributed by atoms with Gasteiger partial charge < -0.3 is 42.9 Å². The van der Waals surface area contributed by atoms with E-state index in [9.17, 15) is 34.2 Å². The number of nitrogens with zero attached hydrogens (tertiary/aromatic N) is 1. The number of carboxylic acids is 1. The van der Waals surface area contributed by atoms with E-state index >= 15 is 0 Å². The molecule has 4 aromatic carbocycles. The molecule has 0 aliphatic heterocycles. The molecular formula is C41H47N7O7. The Bertz CT molecular complexity index is 1900. The zero-order chi connectivity index (χ0) is 39.6. The van der Waals surface area contributed by atoms with Crippen molar-refractivity contribution in [2.75, 3.05) is 13.1 Å². The van der Waals surface area contributed by atoms with Crippen molar-refractivity contribution < 1.29 is 34.2 Å². The maximum Gasteiger partial charge on any atom is 0.305 e. The number of carbonyl (C=O) groups excluding carboxylic acids is 4. The molecule has 0 bridgehead atoms. The maximum atomic E-state index is 13.9. The molecule has 0 aromatic heterocycles. The second-order valence-corrected chi connectivity index (χ2v) is 12.9. The molecule has 0 spiro atoms. The smallest absolute Gasteiger partial charge is 0.305 e. The van der Waals surface area contributed by atoms with Crippen LogP contribution in [0, 0.1) is 0 Å². The van der Waals surface area contributed by atoms with Gasteiger partial charge >= 0.3 is 5.97 Å². The standard InChI is InChI=1S/C41H47N7O7/c42-41(43)45-22-7-12-33(39(54)48-34(24-28-15-19-32(49)20-16-28)38(53)44-23-21-27-8-3-1-4-9-27)47-40(55)35(26-37(51)52)46-36(50)25-29-13-17-31(18-14-29)30-10-5-2-6-11-30/h1-6,8-11,13-20,33-35,49H,7,12,21-26H2,(H,44,53)(H,46,50)(H,47,55)(H,48,54)(H,51,52)(H4,42,43,45)/t33-,34?,35?/m1/s1. The number of guanidine groups is 1. The normalized spacial score (nSPS) is 12.3. The minimum Gasteiger partial charge on any atom is -0.508 e. The number of phenols is 1. The van der Waals surface area contributed by atoms with Gasteiger partial charge in [-0.1, -0.05) is 97.1 Å². The highest BCUT2D eigenvalue weighted by molar-refractivity contribution is 5.95. The molecule has 0 aliphatic rings. The molecular weight excluding hydrogens is 702 g/mol. The summed E-state index contributed by atoms with van der Waals surface area (Å²) in [5.74, 6) is -4.17. The number of aliphatic imine (C=N–C) groups is 1. The van der Waals surface area contributed by atoms with Crippen LogP contribution < -0.4 is 32.7 Å². The molecule has 14 nitrogen and oxygen atoms in total. The van der Waals surface area contributed by atoms with Crippen molar-refractivity contribution in [3.05, 3.63) is 126 Å².